The Hall–Kier alpha value is -2.15. The number of aliphatic hydroxyl groups excluding tert-OH is 1. The molecule has 1 amide bonds. The van der Waals surface area contributed by atoms with E-state index < -0.39 is 0 Å². The van der Waals surface area contributed by atoms with Crippen molar-refractivity contribution in [3.05, 3.63) is 47.7 Å². The van der Waals surface area contributed by atoms with Gasteiger partial charge in [0.05, 0.1) is 18.8 Å². The van der Waals surface area contributed by atoms with Crippen molar-refractivity contribution in [3.8, 4) is 11.3 Å². The summed E-state index contributed by atoms with van der Waals surface area (Å²) in [6.45, 7) is 4.19. The fourth-order valence-electron chi connectivity index (χ4n) is 4.50. The van der Waals surface area contributed by atoms with Gasteiger partial charge in [-0.25, -0.2) is 0 Å². The number of benzene rings is 1. The SMILES string of the molecule is Cc1ccc(-c2ccc(C(=O)N3CCC4(CC3)[C@H](O)C[C@@H]4OCCN)cc2)o1. The van der Waals surface area contributed by atoms with Gasteiger partial charge in [0.2, 0.25) is 0 Å². The molecule has 1 saturated carbocycles. The van der Waals surface area contributed by atoms with Gasteiger partial charge in [0.1, 0.15) is 11.5 Å². The van der Waals surface area contributed by atoms with E-state index in [9.17, 15) is 9.90 Å². The lowest BCUT2D eigenvalue weighted by Gasteiger charge is -2.56. The van der Waals surface area contributed by atoms with Gasteiger partial charge in [-0.05, 0) is 44.0 Å². The molecule has 6 heteroatoms. The summed E-state index contributed by atoms with van der Waals surface area (Å²) in [6.07, 6.45) is 1.90. The Morgan fingerprint density at radius 1 is 1.25 bits per heavy atom. The van der Waals surface area contributed by atoms with E-state index >= 15 is 0 Å². The zero-order chi connectivity index (χ0) is 19.7. The van der Waals surface area contributed by atoms with Gasteiger partial charge in [0, 0.05) is 42.6 Å². The van der Waals surface area contributed by atoms with Crippen molar-refractivity contribution in [2.45, 2.75) is 38.4 Å². The lowest BCUT2D eigenvalue weighted by molar-refractivity contribution is -0.207. The van der Waals surface area contributed by atoms with Gasteiger partial charge in [0.15, 0.2) is 0 Å². The van der Waals surface area contributed by atoms with E-state index in [-0.39, 0.29) is 23.5 Å². The number of ether oxygens (including phenoxy) is 1. The minimum atomic E-state index is -0.344. The van der Waals surface area contributed by atoms with E-state index in [1.54, 1.807) is 0 Å². The number of furan rings is 1. The van der Waals surface area contributed by atoms with Gasteiger partial charge < -0.3 is 24.9 Å². The van der Waals surface area contributed by atoms with Crippen molar-refractivity contribution in [2.24, 2.45) is 11.1 Å². The van der Waals surface area contributed by atoms with Crippen LogP contribution in [0.4, 0.5) is 0 Å². The van der Waals surface area contributed by atoms with Crippen molar-refractivity contribution in [2.75, 3.05) is 26.2 Å². The summed E-state index contributed by atoms with van der Waals surface area (Å²) in [7, 11) is 0. The maximum atomic E-state index is 12.9. The van der Waals surface area contributed by atoms with Crippen LogP contribution in [0.1, 0.15) is 35.4 Å². The molecule has 3 N–H and O–H groups in total. The monoisotopic (exact) mass is 384 g/mol. The average molecular weight is 384 g/mol. The predicted octanol–water partition coefficient (Wildman–Crippen LogP) is 2.59. The van der Waals surface area contributed by atoms with Gasteiger partial charge in [-0.2, -0.15) is 0 Å². The number of carbonyl (C=O) groups excluding carboxylic acids is 1. The van der Waals surface area contributed by atoms with Gasteiger partial charge in [-0.1, -0.05) is 12.1 Å². The molecule has 2 heterocycles. The molecule has 28 heavy (non-hydrogen) atoms. The molecule has 1 aliphatic heterocycles. The van der Waals surface area contributed by atoms with Crippen molar-refractivity contribution in [3.63, 3.8) is 0 Å². The van der Waals surface area contributed by atoms with Crippen LogP contribution < -0.4 is 5.73 Å². The van der Waals surface area contributed by atoms with E-state index in [2.05, 4.69) is 0 Å². The lowest BCUT2D eigenvalue weighted by atomic mass is 9.58. The molecular weight excluding hydrogens is 356 g/mol. The van der Waals surface area contributed by atoms with Crippen molar-refractivity contribution in [1.82, 2.24) is 4.90 Å². The molecule has 0 unspecified atom stereocenters. The van der Waals surface area contributed by atoms with Crippen LogP contribution in [0.15, 0.2) is 40.8 Å². The smallest absolute Gasteiger partial charge is 0.253 e. The number of carbonyl (C=O) groups is 1. The molecule has 1 aromatic carbocycles. The number of nitrogens with zero attached hydrogens (tertiary/aromatic N) is 1. The quantitative estimate of drug-likeness (QED) is 0.827. The van der Waals surface area contributed by atoms with Crippen LogP contribution in [0, 0.1) is 12.3 Å². The third-order valence-electron chi connectivity index (χ3n) is 6.32. The number of nitrogens with two attached hydrogens (primary N) is 1. The Bertz CT molecular complexity index is 821. The highest BCUT2D eigenvalue weighted by molar-refractivity contribution is 5.94. The molecule has 0 bridgehead atoms. The molecule has 1 spiro atoms. The Morgan fingerprint density at radius 2 is 1.96 bits per heavy atom. The fourth-order valence-corrected chi connectivity index (χ4v) is 4.50. The summed E-state index contributed by atoms with van der Waals surface area (Å²) in [5, 5.41) is 10.4. The standard InChI is InChI=1S/C22H28N2O4/c1-15-2-7-18(28-15)16-3-5-17(6-4-16)21(26)24-11-8-22(9-12-24)19(25)14-20(22)27-13-10-23/h2-7,19-20,25H,8-14,23H2,1H3/t19-,20+/m1/s1. The number of likely N-dealkylation sites (tertiary alicyclic amines) is 1. The number of rotatable bonds is 5. The normalized spacial score (nSPS) is 23.6. The third kappa shape index (κ3) is 3.36. The molecule has 6 nitrogen and oxygen atoms in total. The zero-order valence-corrected chi connectivity index (χ0v) is 16.3. The summed E-state index contributed by atoms with van der Waals surface area (Å²) in [5.74, 6) is 1.70. The van der Waals surface area contributed by atoms with Gasteiger partial charge in [-0.3, -0.25) is 4.79 Å². The summed E-state index contributed by atoms with van der Waals surface area (Å²) in [4.78, 5) is 14.8. The van der Waals surface area contributed by atoms with Crippen LogP contribution >= 0.6 is 0 Å². The highest BCUT2D eigenvalue weighted by Crippen LogP contribution is 2.51. The number of piperidine rings is 1. The molecule has 1 saturated heterocycles. The highest BCUT2D eigenvalue weighted by atomic mass is 16.5. The van der Waals surface area contributed by atoms with E-state index in [1.807, 2.05) is 48.2 Å². The van der Waals surface area contributed by atoms with Crippen molar-refractivity contribution in [1.29, 1.82) is 0 Å². The molecule has 4 rings (SSSR count). The number of aliphatic hydroxyl groups is 1. The predicted molar refractivity (Wildman–Crippen MR) is 106 cm³/mol. The second kappa shape index (κ2) is 7.70. The second-order valence-electron chi connectivity index (χ2n) is 7.91. The van der Waals surface area contributed by atoms with Gasteiger partial charge in [-0.15, -0.1) is 0 Å². The molecule has 150 valence electrons. The molecule has 2 atom stereocenters. The number of aryl methyl sites for hydroxylation is 1. The Kier molecular flexibility index (Phi) is 5.27. The maximum absolute atomic E-state index is 12.9. The maximum Gasteiger partial charge on any atom is 0.253 e. The first-order chi connectivity index (χ1) is 13.5. The molecule has 0 radical (unpaired) electrons. The molecule has 1 aliphatic carbocycles. The van der Waals surface area contributed by atoms with Crippen molar-refractivity contribution >= 4 is 5.91 Å². The largest absolute Gasteiger partial charge is 0.461 e. The van der Waals surface area contributed by atoms with E-state index in [4.69, 9.17) is 14.9 Å². The summed E-state index contributed by atoms with van der Waals surface area (Å²) >= 11 is 0. The van der Waals surface area contributed by atoms with Crippen LogP contribution in [0.5, 0.6) is 0 Å². The first kappa shape index (κ1) is 19.2. The van der Waals surface area contributed by atoms with Crippen LogP contribution in [0.25, 0.3) is 11.3 Å². The first-order valence-corrected chi connectivity index (χ1v) is 9.99. The Labute approximate surface area is 165 Å². The number of hydrogen-bond donors (Lipinski definition) is 2. The Balaban J connectivity index is 1.39. The third-order valence-corrected chi connectivity index (χ3v) is 6.32. The minimum absolute atomic E-state index is 0.0327. The molecule has 2 fully saturated rings. The topological polar surface area (TPSA) is 88.9 Å². The van der Waals surface area contributed by atoms with Gasteiger partial charge in [0.25, 0.3) is 5.91 Å². The minimum Gasteiger partial charge on any atom is -0.461 e. The molecule has 1 aromatic heterocycles. The Morgan fingerprint density at radius 3 is 2.54 bits per heavy atom. The molecule has 2 aromatic rings. The summed E-state index contributed by atoms with van der Waals surface area (Å²) in [5.41, 5.74) is 6.95. The molecular formula is C22H28N2O4. The first-order valence-electron chi connectivity index (χ1n) is 9.99. The number of amides is 1. The number of hydrogen-bond acceptors (Lipinski definition) is 5. The summed E-state index contributed by atoms with van der Waals surface area (Å²) in [6, 6.07) is 11.4. The van der Waals surface area contributed by atoms with Crippen LogP contribution in [0.3, 0.4) is 0 Å². The van der Waals surface area contributed by atoms with E-state index in [1.165, 1.54) is 0 Å². The van der Waals surface area contributed by atoms with E-state index in [0.29, 0.717) is 38.2 Å². The summed E-state index contributed by atoms with van der Waals surface area (Å²) < 4.78 is 11.5. The second-order valence-corrected chi connectivity index (χ2v) is 7.91. The van der Waals surface area contributed by atoms with E-state index in [0.717, 1.165) is 29.9 Å². The highest BCUT2D eigenvalue weighted by Gasteiger charge is 2.56. The zero-order valence-electron chi connectivity index (χ0n) is 16.3. The van der Waals surface area contributed by atoms with Crippen molar-refractivity contribution < 1.29 is 19.1 Å². The van der Waals surface area contributed by atoms with Crippen LogP contribution in [-0.2, 0) is 4.74 Å². The lowest BCUT2D eigenvalue weighted by Crippen LogP contribution is -2.62. The van der Waals surface area contributed by atoms with Crippen LogP contribution in [0.2, 0.25) is 0 Å². The fraction of sp³-hybridized carbons (Fsp3) is 0.500. The van der Waals surface area contributed by atoms with Crippen LogP contribution in [-0.4, -0.2) is 54.4 Å². The van der Waals surface area contributed by atoms with Gasteiger partial charge >= 0.3 is 0 Å². The average Bonchev–Trinajstić information content (AvgIpc) is 3.17. The molecule has 2 aliphatic rings.